The van der Waals surface area contributed by atoms with Crippen molar-refractivity contribution in [2.45, 2.75) is 29.8 Å². The lowest BCUT2D eigenvalue weighted by molar-refractivity contribution is 0.642. The lowest BCUT2D eigenvalue weighted by Gasteiger charge is -2.07. The molecule has 8 heteroatoms. The van der Waals surface area contributed by atoms with Crippen LogP contribution in [-0.4, -0.2) is 20.6 Å². The van der Waals surface area contributed by atoms with Crippen LogP contribution in [-0.2, 0) is 5.75 Å². The SMILES string of the molecule is N=C(N)c1ccc(CSc2n[nH]c(=O)n2C2CC2)c(Cl)c1. The molecule has 0 spiro atoms. The molecule has 0 amide bonds. The van der Waals surface area contributed by atoms with Crippen LogP contribution in [0.15, 0.2) is 28.2 Å². The van der Waals surface area contributed by atoms with E-state index < -0.39 is 0 Å². The van der Waals surface area contributed by atoms with Crippen molar-refractivity contribution < 1.29 is 0 Å². The Morgan fingerprint density at radius 1 is 1.57 bits per heavy atom. The fraction of sp³-hybridized carbons (Fsp3) is 0.308. The topological polar surface area (TPSA) is 101 Å². The van der Waals surface area contributed by atoms with Gasteiger partial charge in [-0.05, 0) is 24.5 Å². The number of nitrogens with zero attached hydrogens (tertiary/aromatic N) is 2. The number of nitrogens with one attached hydrogen (secondary N) is 2. The van der Waals surface area contributed by atoms with E-state index in [-0.39, 0.29) is 17.6 Å². The van der Waals surface area contributed by atoms with Crippen LogP contribution in [0.4, 0.5) is 0 Å². The summed E-state index contributed by atoms with van der Waals surface area (Å²) < 4.78 is 1.71. The Kier molecular flexibility index (Phi) is 3.77. The summed E-state index contributed by atoms with van der Waals surface area (Å²) in [5, 5.41) is 15.2. The summed E-state index contributed by atoms with van der Waals surface area (Å²) >= 11 is 7.67. The van der Waals surface area contributed by atoms with Gasteiger partial charge in [0.1, 0.15) is 5.84 Å². The van der Waals surface area contributed by atoms with Crippen molar-refractivity contribution >= 4 is 29.2 Å². The molecular weight excluding hydrogens is 310 g/mol. The zero-order chi connectivity index (χ0) is 15.0. The van der Waals surface area contributed by atoms with E-state index >= 15 is 0 Å². The first kappa shape index (κ1) is 14.2. The summed E-state index contributed by atoms with van der Waals surface area (Å²) in [5.41, 5.74) is 6.79. The molecule has 1 aliphatic rings. The van der Waals surface area contributed by atoms with E-state index in [1.54, 1.807) is 16.7 Å². The molecule has 0 radical (unpaired) electrons. The van der Waals surface area contributed by atoms with E-state index in [0.29, 0.717) is 21.5 Å². The number of benzene rings is 1. The zero-order valence-electron chi connectivity index (χ0n) is 11.1. The zero-order valence-corrected chi connectivity index (χ0v) is 12.7. The van der Waals surface area contributed by atoms with Gasteiger partial charge in [-0.15, -0.1) is 5.10 Å². The molecule has 1 fully saturated rings. The summed E-state index contributed by atoms with van der Waals surface area (Å²) in [6, 6.07) is 5.58. The molecule has 1 aromatic carbocycles. The number of amidine groups is 1. The largest absolute Gasteiger partial charge is 0.384 e. The number of nitrogens with two attached hydrogens (primary N) is 1. The molecule has 1 aromatic heterocycles. The number of hydrogen-bond acceptors (Lipinski definition) is 4. The number of H-pyrrole nitrogens is 1. The maximum absolute atomic E-state index is 11.7. The standard InChI is InChI=1S/C13H14ClN5OS/c14-10-5-7(11(15)16)1-2-8(10)6-21-13-18-17-12(20)19(13)9-3-4-9/h1-2,5,9H,3-4,6H2,(H3,15,16)(H,17,20). The molecule has 0 unspecified atom stereocenters. The van der Waals surface area contributed by atoms with Gasteiger partial charge in [0.2, 0.25) is 0 Å². The number of halogens is 1. The maximum Gasteiger partial charge on any atom is 0.344 e. The average molecular weight is 324 g/mol. The summed E-state index contributed by atoms with van der Waals surface area (Å²) in [6.45, 7) is 0. The van der Waals surface area contributed by atoms with Crippen molar-refractivity contribution in [3.63, 3.8) is 0 Å². The molecule has 21 heavy (non-hydrogen) atoms. The summed E-state index contributed by atoms with van der Waals surface area (Å²) in [6.07, 6.45) is 2.06. The highest BCUT2D eigenvalue weighted by Crippen LogP contribution is 2.37. The van der Waals surface area contributed by atoms with Crippen LogP contribution in [0.25, 0.3) is 0 Å². The third-order valence-electron chi connectivity index (χ3n) is 3.30. The van der Waals surface area contributed by atoms with Crippen LogP contribution >= 0.6 is 23.4 Å². The second-order valence-corrected chi connectivity index (χ2v) is 6.27. The Morgan fingerprint density at radius 2 is 2.33 bits per heavy atom. The Balaban J connectivity index is 1.76. The van der Waals surface area contributed by atoms with Crippen LogP contribution in [0.1, 0.15) is 30.0 Å². The van der Waals surface area contributed by atoms with Crippen molar-refractivity contribution in [2.24, 2.45) is 5.73 Å². The molecule has 0 bridgehead atoms. The first-order valence-corrected chi connectivity index (χ1v) is 7.85. The smallest absolute Gasteiger partial charge is 0.344 e. The van der Waals surface area contributed by atoms with Crippen LogP contribution in [0, 0.1) is 5.41 Å². The fourth-order valence-electron chi connectivity index (χ4n) is 2.02. The van der Waals surface area contributed by atoms with E-state index in [0.717, 1.165) is 18.4 Å². The molecule has 0 atom stereocenters. The summed E-state index contributed by atoms with van der Waals surface area (Å²) in [4.78, 5) is 11.7. The molecule has 3 rings (SSSR count). The average Bonchev–Trinajstić information content (AvgIpc) is 3.21. The predicted octanol–water partition coefficient (Wildman–Crippen LogP) is 2.14. The number of aromatic nitrogens is 3. The van der Waals surface area contributed by atoms with Crippen molar-refractivity contribution in [1.29, 1.82) is 5.41 Å². The highest BCUT2D eigenvalue weighted by Gasteiger charge is 2.28. The van der Waals surface area contributed by atoms with Gasteiger partial charge in [0.05, 0.1) is 0 Å². The Bertz CT molecular complexity index is 749. The normalized spacial score (nSPS) is 14.3. The van der Waals surface area contributed by atoms with Gasteiger partial charge >= 0.3 is 5.69 Å². The number of nitrogen functional groups attached to an aromatic ring is 1. The Morgan fingerprint density at radius 3 is 2.95 bits per heavy atom. The quantitative estimate of drug-likeness (QED) is 0.446. The second-order valence-electron chi connectivity index (χ2n) is 4.92. The van der Waals surface area contributed by atoms with Crippen molar-refractivity contribution in [2.75, 3.05) is 0 Å². The highest BCUT2D eigenvalue weighted by atomic mass is 35.5. The lowest BCUT2D eigenvalue weighted by atomic mass is 10.1. The minimum Gasteiger partial charge on any atom is -0.384 e. The van der Waals surface area contributed by atoms with Crippen LogP contribution in [0.2, 0.25) is 5.02 Å². The minimum atomic E-state index is -0.155. The van der Waals surface area contributed by atoms with Gasteiger partial charge in [0.15, 0.2) is 5.16 Å². The minimum absolute atomic E-state index is 0.00836. The molecule has 110 valence electrons. The van der Waals surface area contributed by atoms with E-state index in [1.165, 1.54) is 11.8 Å². The highest BCUT2D eigenvalue weighted by molar-refractivity contribution is 7.98. The molecule has 0 aliphatic heterocycles. The molecule has 6 nitrogen and oxygen atoms in total. The maximum atomic E-state index is 11.7. The number of hydrogen-bond donors (Lipinski definition) is 3. The molecule has 1 aliphatic carbocycles. The van der Waals surface area contributed by atoms with Gasteiger partial charge in [-0.3, -0.25) is 9.98 Å². The summed E-state index contributed by atoms with van der Waals surface area (Å²) in [5.74, 6) is 0.597. The number of rotatable bonds is 5. The van der Waals surface area contributed by atoms with Gasteiger partial charge in [0.25, 0.3) is 0 Å². The molecule has 1 saturated carbocycles. The summed E-state index contributed by atoms with van der Waals surface area (Å²) in [7, 11) is 0. The first-order chi connectivity index (χ1) is 10.1. The molecular formula is C13H14ClN5OS. The van der Waals surface area contributed by atoms with Crippen molar-refractivity contribution in [3.05, 3.63) is 44.8 Å². The number of thioether (sulfide) groups is 1. The molecule has 2 aromatic rings. The number of aromatic amines is 1. The van der Waals surface area contributed by atoms with Crippen LogP contribution in [0.3, 0.4) is 0 Å². The van der Waals surface area contributed by atoms with Crippen molar-refractivity contribution in [3.8, 4) is 0 Å². The fourth-order valence-corrected chi connectivity index (χ4v) is 3.37. The van der Waals surface area contributed by atoms with Crippen LogP contribution in [0.5, 0.6) is 0 Å². The van der Waals surface area contributed by atoms with Gasteiger partial charge < -0.3 is 5.73 Å². The monoisotopic (exact) mass is 323 g/mol. The van der Waals surface area contributed by atoms with E-state index in [1.807, 2.05) is 6.07 Å². The Hall–Kier alpha value is -1.73. The van der Waals surface area contributed by atoms with Gasteiger partial charge in [0, 0.05) is 22.4 Å². The molecule has 1 heterocycles. The molecule has 0 saturated heterocycles. The van der Waals surface area contributed by atoms with Gasteiger partial charge in [-0.25, -0.2) is 9.89 Å². The van der Waals surface area contributed by atoms with E-state index in [4.69, 9.17) is 22.7 Å². The first-order valence-electron chi connectivity index (χ1n) is 6.49. The third kappa shape index (κ3) is 2.98. The van der Waals surface area contributed by atoms with Gasteiger partial charge in [-0.1, -0.05) is 35.5 Å². The second kappa shape index (κ2) is 5.57. The lowest BCUT2D eigenvalue weighted by Crippen LogP contribution is -2.16. The Labute approximate surface area is 130 Å². The van der Waals surface area contributed by atoms with E-state index in [2.05, 4.69) is 10.2 Å². The van der Waals surface area contributed by atoms with Crippen molar-refractivity contribution in [1.82, 2.24) is 14.8 Å². The van der Waals surface area contributed by atoms with Gasteiger partial charge in [-0.2, -0.15) is 0 Å². The van der Waals surface area contributed by atoms with E-state index in [9.17, 15) is 4.79 Å². The third-order valence-corrected chi connectivity index (χ3v) is 4.66. The predicted molar refractivity (Wildman–Crippen MR) is 83.1 cm³/mol. The van der Waals surface area contributed by atoms with Crippen LogP contribution < -0.4 is 11.4 Å². The molecule has 4 N–H and O–H groups in total.